The highest BCUT2D eigenvalue weighted by atomic mass is 32.1. The van der Waals surface area contributed by atoms with E-state index in [0.29, 0.717) is 31.2 Å². The molecule has 1 N–H and O–H groups in total. The molecule has 2 heterocycles. The van der Waals surface area contributed by atoms with Crippen molar-refractivity contribution in [1.29, 1.82) is 0 Å². The number of benzene rings is 1. The quantitative estimate of drug-likeness (QED) is 0.779. The molecule has 1 aromatic carbocycles. The van der Waals surface area contributed by atoms with Crippen LogP contribution in [0.15, 0.2) is 24.3 Å². The first-order chi connectivity index (χ1) is 13.6. The van der Waals surface area contributed by atoms with Crippen LogP contribution in [0.4, 0.5) is 0 Å². The third-order valence-electron chi connectivity index (χ3n) is 6.30. The van der Waals surface area contributed by atoms with Crippen LogP contribution in [0.5, 0.6) is 0 Å². The lowest BCUT2D eigenvalue weighted by molar-refractivity contribution is -0.142. The molecule has 1 saturated heterocycles. The highest BCUT2D eigenvalue weighted by Crippen LogP contribution is 2.34. The lowest BCUT2D eigenvalue weighted by atomic mass is 9.76. The zero-order valence-electron chi connectivity index (χ0n) is 16.2. The van der Waals surface area contributed by atoms with E-state index in [1.807, 2.05) is 11.0 Å². The minimum Gasteiger partial charge on any atom is -0.383 e. The Hall–Kier alpha value is -1.99. The summed E-state index contributed by atoms with van der Waals surface area (Å²) in [5.74, 6) is 0.147. The zero-order valence-corrected chi connectivity index (χ0v) is 17.0. The minimum atomic E-state index is -0.102. The Morgan fingerprint density at radius 3 is 2.86 bits per heavy atom. The van der Waals surface area contributed by atoms with Crippen molar-refractivity contribution in [2.45, 2.75) is 38.3 Å². The van der Waals surface area contributed by atoms with Gasteiger partial charge in [0.2, 0.25) is 11.8 Å². The average Bonchev–Trinajstić information content (AvgIpc) is 2.72. The number of rotatable bonds is 4. The molecule has 2 fully saturated rings. The summed E-state index contributed by atoms with van der Waals surface area (Å²) in [7, 11) is 1.61. The van der Waals surface area contributed by atoms with E-state index < -0.39 is 0 Å². The van der Waals surface area contributed by atoms with Crippen molar-refractivity contribution in [3.63, 3.8) is 0 Å². The number of carbonyl (C=O) groups is 2. The maximum atomic E-state index is 13.2. The molecule has 0 radical (unpaired) electrons. The van der Waals surface area contributed by atoms with Gasteiger partial charge < -0.3 is 15.0 Å². The highest BCUT2D eigenvalue weighted by molar-refractivity contribution is 7.80. The van der Waals surface area contributed by atoms with Gasteiger partial charge in [-0.25, -0.2) is 0 Å². The molecule has 7 heteroatoms. The molecule has 3 aliphatic rings. The Labute approximate surface area is 171 Å². The van der Waals surface area contributed by atoms with Crippen LogP contribution >= 0.6 is 12.2 Å². The van der Waals surface area contributed by atoms with Crippen molar-refractivity contribution in [2.75, 3.05) is 26.8 Å². The van der Waals surface area contributed by atoms with Crippen LogP contribution < -0.4 is 5.32 Å². The fourth-order valence-electron chi connectivity index (χ4n) is 4.72. The second kappa shape index (κ2) is 8.17. The van der Waals surface area contributed by atoms with Gasteiger partial charge in [0.15, 0.2) is 5.11 Å². The van der Waals surface area contributed by atoms with Crippen LogP contribution in [0.3, 0.4) is 0 Å². The third kappa shape index (κ3) is 3.65. The van der Waals surface area contributed by atoms with Crippen molar-refractivity contribution in [1.82, 2.24) is 15.1 Å². The number of hydrogen-bond acceptors (Lipinski definition) is 4. The SMILES string of the molecule is COCCN1C(=O)C2CCC(C(=O)N3CCc4ccccc4C3)CC2NC1=S. The van der Waals surface area contributed by atoms with E-state index in [-0.39, 0.29) is 29.7 Å². The smallest absolute Gasteiger partial charge is 0.233 e. The van der Waals surface area contributed by atoms with Crippen molar-refractivity contribution in [3.05, 3.63) is 35.4 Å². The first-order valence-corrected chi connectivity index (χ1v) is 10.5. The maximum absolute atomic E-state index is 13.2. The van der Waals surface area contributed by atoms with Crippen LogP contribution in [-0.2, 0) is 27.3 Å². The molecule has 3 unspecified atom stereocenters. The second-order valence-corrected chi connectivity index (χ2v) is 8.32. The normalized spacial score (nSPS) is 27.1. The summed E-state index contributed by atoms with van der Waals surface area (Å²) in [6, 6.07) is 8.31. The molecule has 1 saturated carbocycles. The number of nitrogens with zero attached hydrogens (tertiary/aromatic N) is 2. The number of methoxy groups -OCH3 is 1. The molecule has 2 amide bonds. The van der Waals surface area contributed by atoms with Gasteiger partial charge in [0, 0.05) is 32.2 Å². The van der Waals surface area contributed by atoms with Crippen LogP contribution in [0.2, 0.25) is 0 Å². The van der Waals surface area contributed by atoms with Gasteiger partial charge in [-0.3, -0.25) is 14.5 Å². The fourth-order valence-corrected chi connectivity index (χ4v) is 5.06. The van der Waals surface area contributed by atoms with Gasteiger partial charge >= 0.3 is 0 Å². The molecule has 4 rings (SSSR count). The first-order valence-electron chi connectivity index (χ1n) is 10.0. The number of thiocarbonyl (C=S) groups is 1. The van der Waals surface area contributed by atoms with E-state index >= 15 is 0 Å². The van der Waals surface area contributed by atoms with Crippen molar-refractivity contribution in [3.8, 4) is 0 Å². The lowest BCUT2D eigenvalue weighted by Gasteiger charge is -2.44. The molecule has 1 aliphatic carbocycles. The first kappa shape index (κ1) is 19.3. The molecule has 6 nitrogen and oxygen atoms in total. The van der Waals surface area contributed by atoms with Gasteiger partial charge in [-0.1, -0.05) is 24.3 Å². The molecule has 0 aromatic heterocycles. The summed E-state index contributed by atoms with van der Waals surface area (Å²) in [5.41, 5.74) is 2.59. The van der Waals surface area contributed by atoms with Crippen LogP contribution in [0, 0.1) is 11.8 Å². The Kier molecular flexibility index (Phi) is 5.64. The van der Waals surface area contributed by atoms with E-state index in [0.717, 1.165) is 25.8 Å². The highest BCUT2D eigenvalue weighted by Gasteiger charge is 2.44. The molecular formula is C21H27N3O3S. The third-order valence-corrected chi connectivity index (χ3v) is 6.64. The molecule has 3 atom stereocenters. The van der Waals surface area contributed by atoms with Gasteiger partial charge in [-0.15, -0.1) is 0 Å². The Bertz CT molecular complexity index is 784. The maximum Gasteiger partial charge on any atom is 0.233 e. The number of hydrogen-bond donors (Lipinski definition) is 1. The lowest BCUT2D eigenvalue weighted by Crippen LogP contribution is -2.62. The van der Waals surface area contributed by atoms with Gasteiger partial charge in [-0.05, 0) is 49.0 Å². The van der Waals surface area contributed by atoms with E-state index in [1.54, 1.807) is 12.0 Å². The summed E-state index contributed by atoms with van der Waals surface area (Å²) in [6.07, 6.45) is 3.07. The monoisotopic (exact) mass is 401 g/mol. The largest absolute Gasteiger partial charge is 0.383 e. The molecule has 0 spiro atoms. The van der Waals surface area contributed by atoms with Crippen molar-refractivity contribution >= 4 is 29.1 Å². The summed E-state index contributed by atoms with van der Waals surface area (Å²) in [6.45, 7) is 2.40. The van der Waals surface area contributed by atoms with Gasteiger partial charge in [0.05, 0.1) is 19.1 Å². The van der Waals surface area contributed by atoms with Gasteiger partial charge in [0.1, 0.15) is 0 Å². The van der Waals surface area contributed by atoms with E-state index in [4.69, 9.17) is 17.0 Å². The number of ether oxygens (including phenoxy) is 1. The standard InChI is InChI=1S/C21H27N3O3S/c1-27-11-10-24-20(26)17-7-6-15(12-18(17)22-21(24)28)19(25)23-9-8-14-4-2-3-5-16(14)13-23/h2-5,15,17-18H,6-13H2,1H3,(H,22,28). The van der Waals surface area contributed by atoms with Gasteiger partial charge in [0.25, 0.3) is 0 Å². The fraction of sp³-hybridized carbons (Fsp3) is 0.571. The number of fused-ring (bicyclic) bond motifs is 2. The van der Waals surface area contributed by atoms with E-state index in [2.05, 4.69) is 23.5 Å². The van der Waals surface area contributed by atoms with E-state index in [9.17, 15) is 9.59 Å². The zero-order chi connectivity index (χ0) is 19.7. The Morgan fingerprint density at radius 1 is 1.29 bits per heavy atom. The second-order valence-electron chi connectivity index (χ2n) is 7.93. The number of amides is 2. The number of carbonyl (C=O) groups excluding carboxylic acids is 2. The summed E-state index contributed by atoms with van der Waals surface area (Å²) in [4.78, 5) is 29.6. The molecule has 0 bridgehead atoms. The van der Waals surface area contributed by atoms with Crippen LogP contribution in [0.25, 0.3) is 0 Å². The molecule has 150 valence electrons. The molecule has 28 heavy (non-hydrogen) atoms. The molecule has 1 aromatic rings. The van der Waals surface area contributed by atoms with Crippen LogP contribution in [-0.4, -0.2) is 59.6 Å². The predicted octanol–water partition coefficient (Wildman–Crippen LogP) is 1.72. The topological polar surface area (TPSA) is 61.9 Å². The van der Waals surface area contributed by atoms with Crippen molar-refractivity contribution < 1.29 is 14.3 Å². The predicted molar refractivity (Wildman–Crippen MR) is 110 cm³/mol. The Balaban J connectivity index is 1.40. The summed E-state index contributed by atoms with van der Waals surface area (Å²) in [5, 5.41) is 3.78. The van der Waals surface area contributed by atoms with Gasteiger partial charge in [-0.2, -0.15) is 0 Å². The molecule has 2 aliphatic heterocycles. The average molecular weight is 402 g/mol. The minimum absolute atomic E-state index is 0.0415. The van der Waals surface area contributed by atoms with Crippen molar-refractivity contribution in [2.24, 2.45) is 11.8 Å². The molecular weight excluding hydrogens is 374 g/mol. The summed E-state index contributed by atoms with van der Waals surface area (Å²) >= 11 is 5.40. The van der Waals surface area contributed by atoms with E-state index in [1.165, 1.54) is 11.1 Å². The summed E-state index contributed by atoms with van der Waals surface area (Å²) < 4.78 is 5.09. The van der Waals surface area contributed by atoms with Crippen LogP contribution in [0.1, 0.15) is 30.4 Å². The number of nitrogens with one attached hydrogen (secondary N) is 1. The Morgan fingerprint density at radius 2 is 2.07 bits per heavy atom.